The highest BCUT2D eigenvalue weighted by molar-refractivity contribution is 7.92. The molecule has 2 rings (SSSR count). The molecular weight excluding hydrogens is 180 g/mol. The first kappa shape index (κ1) is 8.47. The minimum atomic E-state index is -3.01. The lowest BCUT2D eigenvalue weighted by atomic mass is 10.2. The van der Waals surface area contributed by atoms with Crippen LogP contribution in [0.3, 0.4) is 0 Å². The Morgan fingerprint density at radius 1 is 1.50 bits per heavy atom. The first-order valence-corrected chi connectivity index (χ1v) is 5.69. The van der Waals surface area contributed by atoms with Crippen LogP contribution in [0.5, 0.6) is 0 Å². The van der Waals surface area contributed by atoms with Gasteiger partial charge in [0.05, 0.1) is 18.5 Å². The fourth-order valence-electron chi connectivity index (χ4n) is 1.68. The Balaban J connectivity index is 2.41. The zero-order valence-corrected chi connectivity index (χ0v) is 7.93. The molecule has 0 saturated carbocycles. The van der Waals surface area contributed by atoms with E-state index < -0.39 is 20.9 Å². The highest BCUT2D eigenvalue weighted by Gasteiger charge is 2.53. The van der Waals surface area contributed by atoms with Gasteiger partial charge >= 0.3 is 0 Å². The molecule has 5 heteroatoms. The third-order valence-electron chi connectivity index (χ3n) is 2.65. The second-order valence-corrected chi connectivity index (χ2v) is 5.90. The van der Waals surface area contributed by atoms with E-state index in [4.69, 9.17) is 9.47 Å². The summed E-state index contributed by atoms with van der Waals surface area (Å²) in [7, 11) is -3.01. The summed E-state index contributed by atoms with van der Waals surface area (Å²) in [6.07, 6.45) is -0.254. The molecule has 12 heavy (non-hydrogen) atoms. The standard InChI is InChI=1S/C7H12O4S/c1-5-7(2)10-3-6(11-7)4-12(5,8)9/h5-6H,3-4H2,1-2H3. The maximum absolute atomic E-state index is 11.5. The Morgan fingerprint density at radius 3 is 2.83 bits per heavy atom. The van der Waals surface area contributed by atoms with E-state index in [1.165, 1.54) is 0 Å². The van der Waals surface area contributed by atoms with E-state index in [1.807, 2.05) is 0 Å². The summed E-state index contributed by atoms with van der Waals surface area (Å²) in [6.45, 7) is 3.73. The third kappa shape index (κ3) is 1.000. The largest absolute Gasteiger partial charge is 0.346 e. The van der Waals surface area contributed by atoms with Gasteiger partial charge in [-0.1, -0.05) is 0 Å². The molecule has 2 heterocycles. The molecule has 0 amide bonds. The van der Waals surface area contributed by atoms with Crippen molar-refractivity contribution >= 4 is 9.84 Å². The van der Waals surface area contributed by atoms with Crippen LogP contribution < -0.4 is 0 Å². The molecule has 0 aromatic heterocycles. The Bertz CT molecular complexity index is 297. The number of ether oxygens (including phenoxy) is 2. The summed E-state index contributed by atoms with van der Waals surface area (Å²) in [5, 5.41) is -0.552. The monoisotopic (exact) mass is 192 g/mol. The van der Waals surface area contributed by atoms with Gasteiger partial charge in [-0.3, -0.25) is 0 Å². The quantitative estimate of drug-likeness (QED) is 0.539. The van der Waals surface area contributed by atoms with Crippen LogP contribution in [0.25, 0.3) is 0 Å². The molecule has 0 aliphatic carbocycles. The van der Waals surface area contributed by atoms with Crippen LogP contribution in [0.2, 0.25) is 0 Å². The van der Waals surface area contributed by atoms with Crippen molar-refractivity contribution in [1.29, 1.82) is 0 Å². The zero-order valence-electron chi connectivity index (χ0n) is 7.11. The van der Waals surface area contributed by atoms with Crippen LogP contribution in [0.15, 0.2) is 0 Å². The van der Waals surface area contributed by atoms with E-state index in [9.17, 15) is 8.42 Å². The average Bonchev–Trinajstić information content (AvgIpc) is 2.26. The molecule has 3 unspecified atom stereocenters. The summed E-state index contributed by atoms with van der Waals surface area (Å²) < 4.78 is 33.7. The van der Waals surface area contributed by atoms with Crippen LogP contribution in [0, 0.1) is 0 Å². The minimum absolute atomic E-state index is 0.101. The fourth-order valence-corrected chi connectivity index (χ4v) is 3.43. The number of hydrogen-bond donors (Lipinski definition) is 0. The smallest absolute Gasteiger partial charge is 0.182 e. The zero-order chi connectivity index (χ0) is 8.98. The first-order valence-electron chi connectivity index (χ1n) is 3.97. The highest BCUT2D eigenvalue weighted by Crippen LogP contribution is 2.36. The van der Waals surface area contributed by atoms with Crippen molar-refractivity contribution in [3.05, 3.63) is 0 Å². The van der Waals surface area contributed by atoms with Crippen LogP contribution >= 0.6 is 0 Å². The van der Waals surface area contributed by atoms with E-state index in [1.54, 1.807) is 13.8 Å². The summed E-state index contributed by atoms with van der Waals surface area (Å²) in [5.41, 5.74) is 0. The van der Waals surface area contributed by atoms with Gasteiger partial charge in [0, 0.05) is 0 Å². The molecule has 0 radical (unpaired) electrons. The average molecular weight is 192 g/mol. The molecule has 0 aromatic rings. The van der Waals surface area contributed by atoms with E-state index in [2.05, 4.69) is 0 Å². The topological polar surface area (TPSA) is 52.6 Å². The van der Waals surface area contributed by atoms with Crippen molar-refractivity contribution in [1.82, 2.24) is 0 Å². The molecule has 2 saturated heterocycles. The van der Waals surface area contributed by atoms with Crippen molar-refractivity contribution in [2.24, 2.45) is 0 Å². The van der Waals surface area contributed by atoms with Gasteiger partial charge in [-0.25, -0.2) is 8.42 Å². The number of rotatable bonds is 0. The van der Waals surface area contributed by atoms with Gasteiger partial charge in [-0.2, -0.15) is 0 Å². The molecule has 3 atom stereocenters. The fraction of sp³-hybridized carbons (Fsp3) is 1.00. The number of hydrogen-bond acceptors (Lipinski definition) is 4. The molecule has 70 valence electrons. The van der Waals surface area contributed by atoms with E-state index in [-0.39, 0.29) is 11.9 Å². The molecule has 0 N–H and O–H groups in total. The second-order valence-electron chi connectivity index (χ2n) is 3.54. The number of fused-ring (bicyclic) bond motifs is 2. The van der Waals surface area contributed by atoms with Crippen molar-refractivity contribution in [2.75, 3.05) is 12.4 Å². The summed E-state index contributed by atoms with van der Waals surface area (Å²) in [6, 6.07) is 0. The SMILES string of the molecule is CC1C2(C)OCC(CS1(=O)=O)O2. The van der Waals surface area contributed by atoms with Crippen LogP contribution in [-0.4, -0.2) is 37.9 Å². The van der Waals surface area contributed by atoms with Crippen LogP contribution in [0.1, 0.15) is 13.8 Å². The molecule has 0 spiro atoms. The van der Waals surface area contributed by atoms with Gasteiger partial charge in [0.1, 0.15) is 5.25 Å². The first-order chi connectivity index (χ1) is 5.44. The van der Waals surface area contributed by atoms with Gasteiger partial charge in [0.2, 0.25) is 0 Å². The molecule has 2 aliphatic rings. The normalized spacial score (nSPS) is 50.8. The van der Waals surface area contributed by atoms with Crippen molar-refractivity contribution < 1.29 is 17.9 Å². The Morgan fingerprint density at radius 2 is 2.17 bits per heavy atom. The van der Waals surface area contributed by atoms with E-state index in [0.29, 0.717) is 6.61 Å². The van der Waals surface area contributed by atoms with Crippen molar-refractivity contribution in [3.8, 4) is 0 Å². The summed E-state index contributed by atoms with van der Waals surface area (Å²) >= 11 is 0. The van der Waals surface area contributed by atoms with Gasteiger partial charge < -0.3 is 9.47 Å². The van der Waals surface area contributed by atoms with Crippen LogP contribution in [0.4, 0.5) is 0 Å². The van der Waals surface area contributed by atoms with Gasteiger partial charge in [-0.15, -0.1) is 0 Å². The Labute approximate surface area is 71.8 Å². The van der Waals surface area contributed by atoms with Crippen molar-refractivity contribution in [2.45, 2.75) is 31.0 Å². The van der Waals surface area contributed by atoms with Gasteiger partial charge in [0.15, 0.2) is 15.6 Å². The van der Waals surface area contributed by atoms with Gasteiger partial charge in [-0.05, 0) is 13.8 Å². The summed E-state index contributed by atoms with van der Waals surface area (Å²) in [5.74, 6) is -0.800. The highest BCUT2D eigenvalue weighted by atomic mass is 32.2. The predicted molar refractivity (Wildman–Crippen MR) is 42.5 cm³/mol. The lowest BCUT2D eigenvalue weighted by molar-refractivity contribution is -0.154. The second kappa shape index (κ2) is 2.21. The van der Waals surface area contributed by atoms with Crippen LogP contribution in [-0.2, 0) is 19.3 Å². The molecule has 4 nitrogen and oxygen atoms in total. The van der Waals surface area contributed by atoms with Gasteiger partial charge in [0.25, 0.3) is 0 Å². The minimum Gasteiger partial charge on any atom is -0.346 e. The molecular formula is C7H12O4S. The lowest BCUT2D eigenvalue weighted by Crippen LogP contribution is -2.50. The molecule has 0 aromatic carbocycles. The lowest BCUT2D eigenvalue weighted by Gasteiger charge is -2.33. The van der Waals surface area contributed by atoms with E-state index in [0.717, 1.165) is 0 Å². The number of sulfone groups is 1. The maximum Gasteiger partial charge on any atom is 0.182 e. The Kier molecular flexibility index (Phi) is 1.56. The van der Waals surface area contributed by atoms with Crippen molar-refractivity contribution in [3.63, 3.8) is 0 Å². The molecule has 2 bridgehead atoms. The maximum atomic E-state index is 11.5. The predicted octanol–water partition coefficient (Wildman–Crippen LogP) is -0.0651. The molecule has 2 fully saturated rings. The Hall–Kier alpha value is -0.130. The van der Waals surface area contributed by atoms with E-state index >= 15 is 0 Å². The summed E-state index contributed by atoms with van der Waals surface area (Å²) in [4.78, 5) is 0. The third-order valence-corrected chi connectivity index (χ3v) is 4.99. The molecule has 2 aliphatic heterocycles.